The summed E-state index contributed by atoms with van der Waals surface area (Å²) in [6.07, 6.45) is 10.3. The van der Waals surface area contributed by atoms with Gasteiger partial charge in [0.2, 0.25) is 29.5 Å². The summed E-state index contributed by atoms with van der Waals surface area (Å²) >= 11 is 0. The summed E-state index contributed by atoms with van der Waals surface area (Å²) in [4.78, 5) is 73.4. The molecule has 5 heterocycles. The molecule has 2 aliphatic rings. The van der Waals surface area contributed by atoms with Gasteiger partial charge in [-0.25, -0.2) is 15.0 Å². The maximum Gasteiger partial charge on any atom is 0.247 e. The van der Waals surface area contributed by atoms with Gasteiger partial charge in [0.05, 0.1) is 19.3 Å². The number of nitrogens with zero attached hydrogens (tertiary/aromatic N) is 11. The van der Waals surface area contributed by atoms with Crippen LogP contribution in [-0.4, -0.2) is 143 Å². The maximum atomic E-state index is 13.6. The summed E-state index contributed by atoms with van der Waals surface area (Å²) in [5.74, 6) is 0.224. The minimum atomic E-state index is -0.580. The maximum absolute atomic E-state index is 13.6. The van der Waals surface area contributed by atoms with Gasteiger partial charge in [-0.05, 0) is 102 Å². The van der Waals surface area contributed by atoms with Gasteiger partial charge in [0.1, 0.15) is 49.5 Å². The first-order valence-corrected chi connectivity index (χ1v) is 18.9. The van der Waals surface area contributed by atoms with Gasteiger partial charge in [-0.3, -0.25) is 38.3 Å². The highest BCUT2D eigenvalue weighted by Crippen LogP contribution is 2.29. The number of hydrogen-bond acceptors (Lipinski definition) is 12. The molecule has 0 radical (unpaired) electrons. The third kappa shape index (κ3) is 8.92. The Hall–Kier alpha value is -6.27. The fourth-order valence-electron chi connectivity index (χ4n) is 7.33. The van der Waals surface area contributed by atoms with Gasteiger partial charge in [0, 0.05) is 35.6 Å². The van der Waals surface area contributed by atoms with Gasteiger partial charge in [0.15, 0.2) is 5.76 Å². The predicted octanol–water partition coefficient (Wildman–Crippen LogP) is 2.31. The van der Waals surface area contributed by atoms with Crippen LogP contribution >= 0.6 is 0 Å². The third-order valence-electron chi connectivity index (χ3n) is 10.5. The van der Waals surface area contributed by atoms with Gasteiger partial charge in [-0.2, -0.15) is 10.2 Å². The number of carbonyl (C=O) groups is 4. The molecule has 2 N–H and O–H groups in total. The van der Waals surface area contributed by atoms with Crippen LogP contribution in [-0.2, 0) is 32.3 Å². The number of oxazole rings is 1. The lowest BCUT2D eigenvalue weighted by atomic mass is 10.1. The topological polar surface area (TPSA) is 193 Å². The summed E-state index contributed by atoms with van der Waals surface area (Å²) in [6.45, 7) is 1.68. The summed E-state index contributed by atoms with van der Waals surface area (Å²) in [7, 11) is 7.35. The lowest BCUT2D eigenvalue weighted by molar-refractivity contribution is -0.141. The lowest BCUT2D eigenvalue weighted by Crippen LogP contribution is -2.52. The number of benzene rings is 2. The molecule has 18 nitrogen and oxygen atoms in total. The number of nitrogens with one attached hydrogen (secondary N) is 2. The van der Waals surface area contributed by atoms with Crippen LogP contribution in [0.15, 0.2) is 84.5 Å². The van der Waals surface area contributed by atoms with Crippen molar-refractivity contribution in [3.8, 4) is 22.8 Å². The lowest BCUT2D eigenvalue weighted by Gasteiger charge is -2.31. The summed E-state index contributed by atoms with van der Waals surface area (Å²) in [6, 6.07) is 12.3. The zero-order valence-corrected chi connectivity index (χ0v) is 32.4. The van der Waals surface area contributed by atoms with E-state index in [4.69, 9.17) is 4.42 Å². The molecule has 4 unspecified atom stereocenters. The molecule has 3 aromatic heterocycles. The number of amides is 4. The molecular formula is C39H47N13O5. The second-order valence-electron chi connectivity index (χ2n) is 14.7. The van der Waals surface area contributed by atoms with E-state index >= 15 is 0 Å². The summed E-state index contributed by atoms with van der Waals surface area (Å²) in [5.41, 5.74) is 2.68. The van der Waals surface area contributed by atoms with Crippen LogP contribution < -0.4 is 10.6 Å². The number of carbonyl (C=O) groups excluding carboxylic acids is 4. The van der Waals surface area contributed by atoms with Crippen molar-refractivity contribution in [3.05, 3.63) is 80.0 Å². The number of rotatable bonds is 14. The molecule has 2 aliphatic heterocycles. The number of aromatic nitrogens is 7. The molecule has 0 aliphatic carbocycles. The van der Waals surface area contributed by atoms with E-state index in [1.54, 1.807) is 62.3 Å². The molecule has 5 aromatic rings. The number of likely N-dealkylation sites (tertiary alicyclic amines) is 2. The first kappa shape index (κ1) is 39.0. The van der Waals surface area contributed by atoms with Crippen molar-refractivity contribution in [2.24, 2.45) is 0 Å². The Labute approximate surface area is 329 Å². The van der Waals surface area contributed by atoms with Crippen LogP contribution in [0, 0.1) is 0 Å². The fourth-order valence-corrected chi connectivity index (χ4v) is 7.33. The fraction of sp³-hybridized carbons (Fsp3) is 0.410. The van der Waals surface area contributed by atoms with Gasteiger partial charge in [0.25, 0.3) is 0 Å². The minimum absolute atomic E-state index is 0.122. The average molecular weight is 778 g/mol. The van der Waals surface area contributed by atoms with Crippen LogP contribution in [0.2, 0.25) is 0 Å². The molecule has 298 valence electrons. The van der Waals surface area contributed by atoms with Crippen molar-refractivity contribution in [2.45, 2.75) is 62.9 Å². The van der Waals surface area contributed by atoms with Crippen molar-refractivity contribution in [1.29, 1.82) is 0 Å². The van der Waals surface area contributed by atoms with E-state index in [-0.39, 0.29) is 23.6 Å². The normalized spacial score (nSPS) is 17.9. The zero-order valence-electron chi connectivity index (χ0n) is 32.4. The SMILES string of the molecule is CN(C)C(Cn1cncn1)C(=O)N1CCCC1C(=O)Nc1ccc(-c2cnc(-c3ccc(NC(=O)C4CCCN4C(=O)C(Cn4cncn4)N(C)C)cc3)o2)cc1. The molecule has 18 heteroatoms. The summed E-state index contributed by atoms with van der Waals surface area (Å²) in [5, 5.41) is 14.2. The van der Waals surface area contributed by atoms with Crippen molar-refractivity contribution in [3.63, 3.8) is 0 Å². The molecule has 0 spiro atoms. The van der Waals surface area contributed by atoms with Gasteiger partial charge in [-0.1, -0.05) is 0 Å². The predicted molar refractivity (Wildman–Crippen MR) is 209 cm³/mol. The van der Waals surface area contributed by atoms with Crippen LogP contribution in [0.4, 0.5) is 11.4 Å². The molecule has 4 atom stereocenters. The molecule has 0 bridgehead atoms. The minimum Gasteiger partial charge on any atom is -0.436 e. The highest BCUT2D eigenvalue weighted by Gasteiger charge is 2.39. The Morgan fingerprint density at radius 3 is 1.58 bits per heavy atom. The average Bonchev–Trinajstić information content (AvgIpc) is 4.06. The first-order chi connectivity index (χ1) is 27.5. The molecule has 0 saturated carbocycles. The monoisotopic (exact) mass is 777 g/mol. The zero-order chi connectivity index (χ0) is 40.1. The van der Waals surface area contributed by atoms with Gasteiger partial charge in [-0.15, -0.1) is 0 Å². The molecular weight excluding hydrogens is 731 g/mol. The Morgan fingerprint density at radius 2 is 1.16 bits per heavy atom. The van der Waals surface area contributed by atoms with E-state index < -0.39 is 24.2 Å². The van der Waals surface area contributed by atoms with Crippen LogP contribution in [0.3, 0.4) is 0 Å². The van der Waals surface area contributed by atoms with E-state index in [0.29, 0.717) is 62.0 Å². The molecule has 2 saturated heterocycles. The Kier molecular flexibility index (Phi) is 11.8. The standard InChI is InChI=1S/C39H47N13O5/c1-47(2)32(20-49-24-40-22-43-49)38(55)51-17-5-7-30(51)35(53)45-28-13-9-26(10-14-28)34-19-42-37(57-34)27-11-15-29(16-12-27)46-36(54)31-8-6-18-52(31)39(56)33(48(3)4)21-50-25-41-23-44-50/h9-16,19,22-25,30-33H,5-8,17-18,20-21H2,1-4H3,(H,45,53)(H,46,54). The van der Waals surface area contributed by atoms with Gasteiger partial charge < -0.3 is 24.9 Å². The second-order valence-corrected chi connectivity index (χ2v) is 14.7. The number of hydrogen-bond donors (Lipinski definition) is 2. The molecule has 2 fully saturated rings. The van der Waals surface area contributed by atoms with E-state index in [0.717, 1.165) is 24.0 Å². The van der Waals surface area contributed by atoms with E-state index in [1.165, 1.54) is 12.7 Å². The van der Waals surface area contributed by atoms with Crippen molar-refractivity contribution in [2.75, 3.05) is 51.9 Å². The number of likely N-dealkylation sites (N-methyl/N-ethyl adjacent to an activating group) is 2. The smallest absolute Gasteiger partial charge is 0.247 e. The second kappa shape index (κ2) is 17.3. The quantitative estimate of drug-likeness (QED) is 0.168. The van der Waals surface area contributed by atoms with Crippen molar-refractivity contribution >= 4 is 35.0 Å². The highest BCUT2D eigenvalue weighted by molar-refractivity contribution is 5.99. The van der Waals surface area contributed by atoms with E-state index in [1.807, 2.05) is 62.3 Å². The summed E-state index contributed by atoms with van der Waals surface area (Å²) < 4.78 is 9.33. The first-order valence-electron chi connectivity index (χ1n) is 18.9. The van der Waals surface area contributed by atoms with E-state index in [9.17, 15) is 19.2 Å². The van der Waals surface area contributed by atoms with E-state index in [2.05, 4.69) is 35.8 Å². The molecule has 7 rings (SSSR count). The Morgan fingerprint density at radius 1 is 0.702 bits per heavy atom. The van der Waals surface area contributed by atoms with Gasteiger partial charge >= 0.3 is 0 Å². The molecule has 4 amide bonds. The van der Waals surface area contributed by atoms with Crippen LogP contribution in [0.1, 0.15) is 25.7 Å². The Bertz CT molecular complexity index is 1980. The third-order valence-corrected chi connectivity index (χ3v) is 10.5. The van der Waals surface area contributed by atoms with Crippen molar-refractivity contribution < 1.29 is 23.6 Å². The molecule has 2 aromatic carbocycles. The van der Waals surface area contributed by atoms with Crippen LogP contribution in [0.25, 0.3) is 22.8 Å². The molecule has 57 heavy (non-hydrogen) atoms. The van der Waals surface area contributed by atoms with Crippen LogP contribution in [0.5, 0.6) is 0 Å². The van der Waals surface area contributed by atoms with Crippen molar-refractivity contribution in [1.82, 2.24) is 54.1 Å². The highest BCUT2D eigenvalue weighted by atomic mass is 16.4. The number of anilines is 2. The largest absolute Gasteiger partial charge is 0.436 e. The Balaban J connectivity index is 0.935.